The maximum atomic E-state index is 11.9. The molecule has 0 radical (unpaired) electrons. The predicted molar refractivity (Wildman–Crippen MR) is 60.3 cm³/mol. The second-order valence-corrected chi connectivity index (χ2v) is 4.06. The molecule has 0 saturated heterocycles. The van der Waals surface area contributed by atoms with Gasteiger partial charge in [-0.25, -0.2) is 0 Å². The highest BCUT2D eigenvalue weighted by Crippen LogP contribution is 2.37. The van der Waals surface area contributed by atoms with E-state index in [2.05, 4.69) is 11.8 Å². The largest absolute Gasteiger partial charge is 0.430 e. The molecule has 1 aliphatic rings. The third-order valence-corrected chi connectivity index (χ3v) is 2.73. The molecule has 3 heteroatoms. The van der Waals surface area contributed by atoms with E-state index in [9.17, 15) is 9.59 Å². The molecule has 0 bridgehead atoms. The lowest BCUT2D eigenvalue weighted by atomic mass is 9.75. The van der Waals surface area contributed by atoms with E-state index in [1.54, 1.807) is 13.8 Å². The zero-order chi connectivity index (χ0) is 12.2. The molecular weight excluding hydrogens is 204 g/mol. The first-order chi connectivity index (χ1) is 7.50. The summed E-state index contributed by atoms with van der Waals surface area (Å²) in [5.41, 5.74) is -0.757. The number of ketones is 1. The SMILES string of the molecule is CC#CC[C@]1(C)C(=O)CCC=C1OC(C)=O. The third kappa shape index (κ3) is 2.52. The van der Waals surface area contributed by atoms with Crippen molar-refractivity contribution >= 4 is 11.8 Å². The van der Waals surface area contributed by atoms with Crippen LogP contribution in [0.2, 0.25) is 0 Å². The Morgan fingerprint density at radius 1 is 1.62 bits per heavy atom. The Bertz CT molecular complexity index is 395. The van der Waals surface area contributed by atoms with Gasteiger partial charge in [0.1, 0.15) is 11.5 Å². The van der Waals surface area contributed by atoms with Crippen molar-refractivity contribution in [3.05, 3.63) is 11.8 Å². The van der Waals surface area contributed by atoms with Crippen LogP contribution in [0.5, 0.6) is 0 Å². The zero-order valence-corrected chi connectivity index (χ0v) is 9.92. The molecule has 0 aromatic rings. The highest BCUT2D eigenvalue weighted by molar-refractivity contribution is 5.89. The highest BCUT2D eigenvalue weighted by Gasteiger charge is 2.40. The van der Waals surface area contributed by atoms with Gasteiger partial charge in [-0.15, -0.1) is 11.8 Å². The van der Waals surface area contributed by atoms with Crippen molar-refractivity contribution < 1.29 is 14.3 Å². The number of ether oxygens (including phenoxy) is 1. The van der Waals surface area contributed by atoms with E-state index < -0.39 is 11.4 Å². The molecule has 0 aromatic carbocycles. The van der Waals surface area contributed by atoms with Gasteiger partial charge in [-0.1, -0.05) is 0 Å². The van der Waals surface area contributed by atoms with Crippen molar-refractivity contribution in [1.82, 2.24) is 0 Å². The fourth-order valence-electron chi connectivity index (χ4n) is 1.73. The lowest BCUT2D eigenvalue weighted by molar-refractivity contribution is -0.141. The summed E-state index contributed by atoms with van der Waals surface area (Å²) in [6.07, 6.45) is 3.35. The van der Waals surface area contributed by atoms with E-state index in [4.69, 9.17) is 4.74 Å². The minimum absolute atomic E-state index is 0.0917. The quantitative estimate of drug-likeness (QED) is 0.529. The van der Waals surface area contributed by atoms with Crippen LogP contribution in [0.25, 0.3) is 0 Å². The van der Waals surface area contributed by atoms with Crippen LogP contribution in [0.3, 0.4) is 0 Å². The topological polar surface area (TPSA) is 43.4 Å². The maximum Gasteiger partial charge on any atom is 0.307 e. The molecule has 0 amide bonds. The lowest BCUT2D eigenvalue weighted by Gasteiger charge is -2.30. The van der Waals surface area contributed by atoms with E-state index in [1.165, 1.54) is 6.92 Å². The van der Waals surface area contributed by atoms with Gasteiger partial charge < -0.3 is 4.74 Å². The first-order valence-corrected chi connectivity index (χ1v) is 5.32. The van der Waals surface area contributed by atoms with Gasteiger partial charge in [-0.05, 0) is 26.3 Å². The number of esters is 1. The van der Waals surface area contributed by atoms with Gasteiger partial charge in [0.25, 0.3) is 0 Å². The van der Waals surface area contributed by atoms with Gasteiger partial charge in [0.15, 0.2) is 0 Å². The second-order valence-electron chi connectivity index (χ2n) is 4.06. The van der Waals surface area contributed by atoms with Crippen LogP contribution in [0, 0.1) is 17.3 Å². The van der Waals surface area contributed by atoms with Crippen LogP contribution in [0.15, 0.2) is 11.8 Å². The molecule has 0 saturated carbocycles. The van der Waals surface area contributed by atoms with Gasteiger partial charge >= 0.3 is 5.97 Å². The van der Waals surface area contributed by atoms with E-state index in [0.29, 0.717) is 25.0 Å². The summed E-state index contributed by atoms with van der Waals surface area (Å²) in [6, 6.07) is 0. The third-order valence-electron chi connectivity index (χ3n) is 2.73. The summed E-state index contributed by atoms with van der Waals surface area (Å²) >= 11 is 0. The predicted octanol–water partition coefficient (Wildman–Crippen LogP) is 2.22. The first-order valence-electron chi connectivity index (χ1n) is 5.32. The van der Waals surface area contributed by atoms with E-state index >= 15 is 0 Å². The fourth-order valence-corrected chi connectivity index (χ4v) is 1.73. The van der Waals surface area contributed by atoms with Crippen LogP contribution in [0.4, 0.5) is 0 Å². The molecule has 0 unspecified atom stereocenters. The molecule has 0 spiro atoms. The first kappa shape index (κ1) is 12.5. The average molecular weight is 220 g/mol. The molecule has 3 nitrogen and oxygen atoms in total. The van der Waals surface area contributed by atoms with E-state index in [-0.39, 0.29) is 5.78 Å². The molecule has 0 aliphatic heterocycles. The fraction of sp³-hybridized carbons (Fsp3) is 0.538. The van der Waals surface area contributed by atoms with Gasteiger partial charge in [0.2, 0.25) is 0 Å². The molecule has 0 heterocycles. The molecule has 16 heavy (non-hydrogen) atoms. The van der Waals surface area contributed by atoms with Crippen molar-refractivity contribution in [2.75, 3.05) is 0 Å². The molecule has 0 fully saturated rings. The Balaban J connectivity index is 3.00. The summed E-state index contributed by atoms with van der Waals surface area (Å²) in [4.78, 5) is 22.9. The van der Waals surface area contributed by atoms with E-state index in [1.807, 2.05) is 6.08 Å². The molecule has 1 rings (SSSR count). The molecule has 0 N–H and O–H groups in total. The lowest BCUT2D eigenvalue weighted by Crippen LogP contribution is -2.34. The van der Waals surface area contributed by atoms with Crippen molar-refractivity contribution in [2.45, 2.75) is 40.0 Å². The minimum atomic E-state index is -0.757. The Kier molecular flexibility index (Phi) is 3.89. The van der Waals surface area contributed by atoms with Crippen molar-refractivity contribution in [1.29, 1.82) is 0 Å². The van der Waals surface area contributed by atoms with Crippen molar-refractivity contribution in [3.63, 3.8) is 0 Å². The van der Waals surface area contributed by atoms with Gasteiger partial charge in [0.05, 0.1) is 5.41 Å². The summed E-state index contributed by atoms with van der Waals surface area (Å²) in [7, 11) is 0. The van der Waals surface area contributed by atoms with Crippen LogP contribution in [0.1, 0.15) is 40.0 Å². The van der Waals surface area contributed by atoms with Crippen LogP contribution in [-0.4, -0.2) is 11.8 Å². The number of carbonyl (C=O) groups excluding carboxylic acids is 2. The molecule has 1 aliphatic carbocycles. The number of hydrogen-bond donors (Lipinski definition) is 0. The summed E-state index contributed by atoms with van der Waals surface area (Å²) in [6.45, 7) is 4.85. The number of carbonyl (C=O) groups is 2. The molecule has 1 atom stereocenters. The molecule has 0 aromatic heterocycles. The second kappa shape index (κ2) is 4.98. The smallest absolute Gasteiger partial charge is 0.307 e. The Morgan fingerprint density at radius 2 is 2.31 bits per heavy atom. The Labute approximate surface area is 95.9 Å². The number of allylic oxidation sites excluding steroid dienone is 2. The summed E-state index contributed by atoms with van der Waals surface area (Å²) in [5, 5.41) is 0. The molecular formula is C13H16O3. The minimum Gasteiger partial charge on any atom is -0.430 e. The van der Waals surface area contributed by atoms with Gasteiger partial charge in [-0.3, -0.25) is 9.59 Å². The van der Waals surface area contributed by atoms with Gasteiger partial charge in [0, 0.05) is 19.8 Å². The Hall–Kier alpha value is -1.56. The number of rotatable bonds is 2. The van der Waals surface area contributed by atoms with Crippen molar-refractivity contribution in [2.24, 2.45) is 5.41 Å². The standard InChI is InChI=1S/C13H16O3/c1-4-5-9-13(3)11(15)7-6-8-12(13)16-10(2)14/h8H,6-7,9H2,1-3H3/t13-/m1/s1. The normalized spacial score (nSPS) is 24.2. The maximum absolute atomic E-state index is 11.9. The summed E-state index contributed by atoms with van der Waals surface area (Å²) in [5.74, 6) is 5.81. The average Bonchev–Trinajstić information content (AvgIpc) is 2.22. The number of Topliss-reactive ketones (excluding diaryl/α,β-unsaturated/α-hetero) is 1. The van der Waals surface area contributed by atoms with Crippen LogP contribution < -0.4 is 0 Å². The van der Waals surface area contributed by atoms with E-state index in [0.717, 1.165) is 0 Å². The Morgan fingerprint density at radius 3 is 2.88 bits per heavy atom. The van der Waals surface area contributed by atoms with Crippen molar-refractivity contribution in [3.8, 4) is 11.8 Å². The monoisotopic (exact) mass is 220 g/mol. The molecule has 86 valence electrons. The van der Waals surface area contributed by atoms with Crippen LogP contribution in [-0.2, 0) is 14.3 Å². The zero-order valence-electron chi connectivity index (χ0n) is 9.92. The van der Waals surface area contributed by atoms with Gasteiger partial charge in [-0.2, -0.15) is 0 Å². The van der Waals surface area contributed by atoms with Crippen LogP contribution >= 0.6 is 0 Å². The highest BCUT2D eigenvalue weighted by atomic mass is 16.5. The number of hydrogen-bond acceptors (Lipinski definition) is 3. The summed E-state index contributed by atoms with van der Waals surface area (Å²) < 4.78 is 5.11.